The van der Waals surface area contributed by atoms with Gasteiger partial charge in [-0.2, -0.15) is 0 Å². The van der Waals surface area contributed by atoms with Gasteiger partial charge in [0.25, 0.3) is 0 Å². The quantitative estimate of drug-likeness (QED) is 0.532. The van der Waals surface area contributed by atoms with Crippen LogP contribution in [-0.2, 0) is 6.54 Å². The first kappa shape index (κ1) is 18.5. The van der Waals surface area contributed by atoms with Crippen LogP contribution in [0.5, 0.6) is 5.75 Å². The fraction of sp³-hybridized carbons (Fsp3) is 0.381. The molecule has 2 aromatic rings. The van der Waals surface area contributed by atoms with Gasteiger partial charge >= 0.3 is 0 Å². The van der Waals surface area contributed by atoms with Crippen molar-refractivity contribution in [2.75, 3.05) is 7.11 Å². The largest absolute Gasteiger partial charge is 0.497 e. The van der Waals surface area contributed by atoms with Crippen molar-refractivity contribution in [1.82, 2.24) is 10.2 Å². The number of ether oxygens (including phenoxy) is 1. The summed E-state index contributed by atoms with van der Waals surface area (Å²) in [6.07, 6.45) is 4.89. The summed E-state index contributed by atoms with van der Waals surface area (Å²) in [6.45, 7) is 6.80. The Bertz CT molecular complexity index is 736. The molecule has 1 aliphatic rings. The molecular weight excluding hydrogens is 344 g/mol. The van der Waals surface area contributed by atoms with Gasteiger partial charge in [-0.3, -0.25) is 0 Å². The first-order valence-corrected chi connectivity index (χ1v) is 9.35. The standard InChI is InChI=1S/C21H26N2O2S/c1-15(2)13-20(16-6-10-18(24-3)11-7-16)23(14-19-5-4-12-25-19)21(26)22-17-8-9-17/h4-7,10-12,17,20H,1,8-9,13-14H2,2-3H3,(H,22,26). The molecule has 0 amide bonds. The van der Waals surface area contributed by atoms with E-state index in [1.54, 1.807) is 13.4 Å². The van der Waals surface area contributed by atoms with Crippen LogP contribution in [0.15, 0.2) is 59.2 Å². The highest BCUT2D eigenvalue weighted by Gasteiger charge is 2.28. The smallest absolute Gasteiger partial charge is 0.170 e. The Morgan fingerprint density at radius 1 is 1.35 bits per heavy atom. The molecule has 0 aliphatic heterocycles. The molecule has 4 nitrogen and oxygen atoms in total. The minimum Gasteiger partial charge on any atom is -0.497 e. The van der Waals surface area contributed by atoms with Crippen molar-refractivity contribution >= 4 is 17.3 Å². The molecule has 1 fully saturated rings. The lowest BCUT2D eigenvalue weighted by molar-refractivity contribution is 0.277. The highest BCUT2D eigenvalue weighted by Crippen LogP contribution is 2.31. The average molecular weight is 371 g/mol. The van der Waals surface area contributed by atoms with Crippen molar-refractivity contribution in [3.05, 3.63) is 66.1 Å². The SMILES string of the molecule is C=C(C)CC(c1ccc(OC)cc1)N(Cc1ccco1)C(=S)NC1CC1. The number of nitrogens with zero attached hydrogens (tertiary/aromatic N) is 1. The summed E-state index contributed by atoms with van der Waals surface area (Å²) in [6, 6.07) is 12.7. The number of methoxy groups -OCH3 is 1. The molecule has 5 heteroatoms. The third-order valence-electron chi connectivity index (χ3n) is 4.49. The van der Waals surface area contributed by atoms with E-state index in [9.17, 15) is 0 Å². The molecule has 3 rings (SSSR count). The molecule has 1 N–H and O–H groups in total. The Labute approximate surface area is 160 Å². The van der Waals surface area contributed by atoms with Crippen LogP contribution in [0.25, 0.3) is 0 Å². The molecular formula is C21H26N2O2S. The zero-order valence-electron chi connectivity index (χ0n) is 15.4. The van der Waals surface area contributed by atoms with Gasteiger partial charge in [0.05, 0.1) is 26.0 Å². The predicted octanol–water partition coefficient (Wildman–Crippen LogP) is 4.83. The van der Waals surface area contributed by atoms with Crippen LogP contribution in [0.1, 0.15) is 43.6 Å². The third kappa shape index (κ3) is 4.88. The van der Waals surface area contributed by atoms with E-state index in [4.69, 9.17) is 21.4 Å². The summed E-state index contributed by atoms with van der Waals surface area (Å²) in [7, 11) is 1.68. The molecule has 1 saturated carbocycles. The molecule has 26 heavy (non-hydrogen) atoms. The highest BCUT2D eigenvalue weighted by atomic mass is 32.1. The van der Waals surface area contributed by atoms with Gasteiger partial charge in [-0.15, -0.1) is 6.58 Å². The Morgan fingerprint density at radius 3 is 2.62 bits per heavy atom. The van der Waals surface area contributed by atoms with Crippen LogP contribution in [0, 0.1) is 0 Å². The number of benzene rings is 1. The van der Waals surface area contributed by atoms with Crippen LogP contribution in [0.4, 0.5) is 0 Å². The number of hydrogen-bond donors (Lipinski definition) is 1. The predicted molar refractivity (Wildman–Crippen MR) is 108 cm³/mol. The molecule has 138 valence electrons. The number of thiocarbonyl (C=S) groups is 1. The summed E-state index contributed by atoms with van der Waals surface area (Å²) in [5.41, 5.74) is 2.30. The molecule has 0 radical (unpaired) electrons. The third-order valence-corrected chi connectivity index (χ3v) is 4.84. The van der Waals surface area contributed by atoms with Crippen molar-refractivity contribution in [3.63, 3.8) is 0 Å². The van der Waals surface area contributed by atoms with E-state index in [1.807, 2.05) is 24.3 Å². The van der Waals surface area contributed by atoms with E-state index in [2.05, 4.69) is 35.9 Å². The van der Waals surface area contributed by atoms with E-state index in [0.29, 0.717) is 12.6 Å². The van der Waals surface area contributed by atoms with Crippen LogP contribution in [-0.4, -0.2) is 23.2 Å². The van der Waals surface area contributed by atoms with Crippen molar-refractivity contribution in [1.29, 1.82) is 0 Å². The van der Waals surface area contributed by atoms with Gasteiger partial charge < -0.3 is 19.4 Å². The second-order valence-electron chi connectivity index (χ2n) is 6.88. The summed E-state index contributed by atoms with van der Waals surface area (Å²) >= 11 is 5.76. The van der Waals surface area contributed by atoms with E-state index in [0.717, 1.165) is 28.6 Å². The maximum atomic E-state index is 5.76. The zero-order chi connectivity index (χ0) is 18.5. The Kier molecular flexibility index (Phi) is 5.99. The molecule has 1 unspecified atom stereocenters. The first-order chi connectivity index (χ1) is 12.6. The fourth-order valence-corrected chi connectivity index (χ4v) is 3.30. The van der Waals surface area contributed by atoms with Gasteiger partial charge in [0.2, 0.25) is 0 Å². The number of nitrogens with one attached hydrogen (secondary N) is 1. The molecule has 0 bridgehead atoms. The topological polar surface area (TPSA) is 37.6 Å². The maximum absolute atomic E-state index is 5.76. The first-order valence-electron chi connectivity index (χ1n) is 8.94. The molecule has 0 saturated heterocycles. The normalized spacial score (nSPS) is 14.5. The molecule has 1 atom stereocenters. The van der Waals surface area contributed by atoms with E-state index < -0.39 is 0 Å². The van der Waals surface area contributed by atoms with Gasteiger partial charge in [-0.1, -0.05) is 17.7 Å². The highest BCUT2D eigenvalue weighted by molar-refractivity contribution is 7.80. The van der Waals surface area contributed by atoms with Gasteiger partial charge in [0, 0.05) is 6.04 Å². The summed E-state index contributed by atoms with van der Waals surface area (Å²) in [5, 5.41) is 4.24. The zero-order valence-corrected chi connectivity index (χ0v) is 16.2. The second kappa shape index (κ2) is 8.41. The Morgan fingerprint density at radius 2 is 2.08 bits per heavy atom. The fourth-order valence-electron chi connectivity index (χ4n) is 2.94. The Hall–Kier alpha value is -2.27. The Balaban J connectivity index is 1.89. The second-order valence-corrected chi connectivity index (χ2v) is 7.27. The van der Waals surface area contributed by atoms with Gasteiger partial charge in [-0.25, -0.2) is 0 Å². The van der Waals surface area contributed by atoms with Crippen molar-refractivity contribution in [2.24, 2.45) is 0 Å². The molecule has 0 spiro atoms. The number of furan rings is 1. The lowest BCUT2D eigenvalue weighted by Gasteiger charge is -2.34. The van der Waals surface area contributed by atoms with E-state index >= 15 is 0 Å². The summed E-state index contributed by atoms with van der Waals surface area (Å²) in [4.78, 5) is 2.21. The molecule has 1 heterocycles. The monoisotopic (exact) mass is 370 g/mol. The van der Waals surface area contributed by atoms with Crippen LogP contribution >= 0.6 is 12.2 Å². The summed E-state index contributed by atoms with van der Waals surface area (Å²) in [5.74, 6) is 1.74. The molecule has 1 aromatic carbocycles. The van der Waals surface area contributed by atoms with Gasteiger partial charge in [-0.05, 0) is 68.2 Å². The van der Waals surface area contributed by atoms with Crippen molar-refractivity contribution in [2.45, 2.75) is 44.8 Å². The van der Waals surface area contributed by atoms with Gasteiger partial charge in [0.15, 0.2) is 5.11 Å². The van der Waals surface area contributed by atoms with Crippen molar-refractivity contribution < 1.29 is 9.15 Å². The minimum atomic E-state index is 0.0854. The molecule has 1 aromatic heterocycles. The van der Waals surface area contributed by atoms with E-state index in [-0.39, 0.29) is 6.04 Å². The van der Waals surface area contributed by atoms with Gasteiger partial charge in [0.1, 0.15) is 11.5 Å². The van der Waals surface area contributed by atoms with Crippen LogP contribution in [0.3, 0.4) is 0 Å². The molecule has 1 aliphatic carbocycles. The lowest BCUT2D eigenvalue weighted by Crippen LogP contribution is -2.42. The maximum Gasteiger partial charge on any atom is 0.170 e. The van der Waals surface area contributed by atoms with E-state index in [1.165, 1.54) is 18.4 Å². The van der Waals surface area contributed by atoms with Crippen LogP contribution in [0.2, 0.25) is 0 Å². The lowest BCUT2D eigenvalue weighted by atomic mass is 9.98. The summed E-state index contributed by atoms with van der Waals surface area (Å²) < 4.78 is 10.9. The average Bonchev–Trinajstić information content (AvgIpc) is 3.29. The minimum absolute atomic E-state index is 0.0854. The number of rotatable bonds is 8. The number of hydrogen-bond acceptors (Lipinski definition) is 3. The van der Waals surface area contributed by atoms with Crippen molar-refractivity contribution in [3.8, 4) is 5.75 Å². The van der Waals surface area contributed by atoms with Crippen LogP contribution < -0.4 is 10.1 Å².